The SMILES string of the molecule is CNc1nc(C2CC2)nc(NCCS(=O)(=O)N(C)C)c1C. The molecule has 21 heavy (non-hydrogen) atoms. The first-order valence-corrected chi connectivity index (χ1v) is 8.66. The molecular formula is C13H23N5O2S. The molecule has 0 radical (unpaired) electrons. The topological polar surface area (TPSA) is 87.2 Å². The summed E-state index contributed by atoms with van der Waals surface area (Å²) in [5.41, 5.74) is 0.907. The van der Waals surface area contributed by atoms with Crippen molar-refractivity contribution >= 4 is 21.7 Å². The third-order valence-electron chi connectivity index (χ3n) is 3.55. The van der Waals surface area contributed by atoms with Gasteiger partial charge in [0, 0.05) is 39.2 Å². The Morgan fingerprint density at radius 3 is 2.38 bits per heavy atom. The van der Waals surface area contributed by atoms with Crippen LogP contribution in [0.2, 0.25) is 0 Å². The van der Waals surface area contributed by atoms with E-state index < -0.39 is 10.0 Å². The molecule has 1 aromatic rings. The minimum atomic E-state index is -3.20. The molecule has 1 saturated carbocycles. The maximum Gasteiger partial charge on any atom is 0.215 e. The quantitative estimate of drug-likeness (QED) is 0.781. The summed E-state index contributed by atoms with van der Waals surface area (Å²) in [4.78, 5) is 9.05. The monoisotopic (exact) mass is 313 g/mol. The molecule has 2 rings (SSSR count). The fourth-order valence-electron chi connectivity index (χ4n) is 1.95. The second-order valence-electron chi connectivity index (χ2n) is 5.45. The zero-order valence-electron chi connectivity index (χ0n) is 13.0. The lowest BCUT2D eigenvalue weighted by Crippen LogP contribution is -2.28. The van der Waals surface area contributed by atoms with Crippen LogP contribution in [-0.2, 0) is 10.0 Å². The Hall–Kier alpha value is -1.41. The smallest absolute Gasteiger partial charge is 0.215 e. The second kappa shape index (κ2) is 6.15. The Morgan fingerprint density at radius 1 is 1.24 bits per heavy atom. The number of sulfonamides is 1. The van der Waals surface area contributed by atoms with Crippen LogP contribution < -0.4 is 10.6 Å². The van der Waals surface area contributed by atoms with Crippen molar-refractivity contribution in [2.24, 2.45) is 0 Å². The van der Waals surface area contributed by atoms with Gasteiger partial charge in [0.15, 0.2) is 0 Å². The molecule has 0 bridgehead atoms. The number of aromatic nitrogens is 2. The first-order valence-electron chi connectivity index (χ1n) is 7.05. The standard InChI is InChI=1S/C13H23N5O2S/c1-9-11(14-2)16-13(10-5-6-10)17-12(9)15-7-8-21(19,20)18(3)4/h10H,5-8H2,1-4H3,(H2,14,15,16,17). The summed E-state index contributed by atoms with van der Waals surface area (Å²) in [6.07, 6.45) is 2.25. The molecule has 1 aromatic heterocycles. The van der Waals surface area contributed by atoms with E-state index in [1.807, 2.05) is 14.0 Å². The molecule has 0 atom stereocenters. The number of anilines is 2. The highest BCUT2D eigenvalue weighted by Gasteiger charge is 2.28. The maximum absolute atomic E-state index is 11.8. The van der Waals surface area contributed by atoms with Crippen LogP contribution in [0.1, 0.15) is 30.1 Å². The average molecular weight is 313 g/mol. The number of rotatable bonds is 7. The van der Waals surface area contributed by atoms with Gasteiger partial charge in [0.1, 0.15) is 17.5 Å². The van der Waals surface area contributed by atoms with Gasteiger partial charge in [-0.05, 0) is 19.8 Å². The van der Waals surface area contributed by atoms with Gasteiger partial charge in [-0.25, -0.2) is 22.7 Å². The fourth-order valence-corrected chi connectivity index (χ4v) is 2.68. The van der Waals surface area contributed by atoms with E-state index in [2.05, 4.69) is 20.6 Å². The number of hydrogen-bond acceptors (Lipinski definition) is 6. The Bertz CT molecular complexity index is 611. The van der Waals surface area contributed by atoms with Crippen LogP contribution in [0.4, 0.5) is 11.6 Å². The number of nitrogens with zero attached hydrogens (tertiary/aromatic N) is 3. The van der Waals surface area contributed by atoms with Gasteiger partial charge in [0.05, 0.1) is 5.75 Å². The molecule has 1 aliphatic carbocycles. The summed E-state index contributed by atoms with van der Waals surface area (Å²) in [5.74, 6) is 2.83. The van der Waals surface area contributed by atoms with Gasteiger partial charge in [-0.3, -0.25) is 0 Å². The van der Waals surface area contributed by atoms with Crippen LogP contribution in [0.25, 0.3) is 0 Å². The van der Waals surface area contributed by atoms with Gasteiger partial charge in [0.25, 0.3) is 0 Å². The Balaban J connectivity index is 2.10. The molecule has 1 heterocycles. The fraction of sp³-hybridized carbons (Fsp3) is 0.692. The first kappa shape index (κ1) is 16.0. The molecule has 0 spiro atoms. The van der Waals surface area contributed by atoms with E-state index in [9.17, 15) is 8.42 Å². The summed E-state index contributed by atoms with van der Waals surface area (Å²) in [5, 5.41) is 6.19. The second-order valence-corrected chi connectivity index (χ2v) is 7.76. The largest absolute Gasteiger partial charge is 0.373 e. The van der Waals surface area contributed by atoms with Crippen molar-refractivity contribution in [2.75, 3.05) is 44.1 Å². The average Bonchev–Trinajstić information content (AvgIpc) is 3.24. The van der Waals surface area contributed by atoms with E-state index in [0.29, 0.717) is 18.3 Å². The van der Waals surface area contributed by atoms with Crippen molar-refractivity contribution in [3.05, 3.63) is 11.4 Å². The lowest BCUT2D eigenvalue weighted by atomic mass is 10.2. The van der Waals surface area contributed by atoms with E-state index >= 15 is 0 Å². The normalized spacial score (nSPS) is 15.3. The van der Waals surface area contributed by atoms with Gasteiger partial charge in [-0.2, -0.15) is 0 Å². The first-order chi connectivity index (χ1) is 9.85. The summed E-state index contributed by atoms with van der Waals surface area (Å²) >= 11 is 0. The predicted molar refractivity (Wildman–Crippen MR) is 84.3 cm³/mol. The van der Waals surface area contributed by atoms with Crippen molar-refractivity contribution in [3.8, 4) is 0 Å². The van der Waals surface area contributed by atoms with Gasteiger partial charge < -0.3 is 10.6 Å². The van der Waals surface area contributed by atoms with Crippen LogP contribution in [0, 0.1) is 6.92 Å². The van der Waals surface area contributed by atoms with Crippen LogP contribution in [-0.4, -0.2) is 56.1 Å². The molecule has 1 aliphatic rings. The van der Waals surface area contributed by atoms with Crippen molar-refractivity contribution in [1.29, 1.82) is 0 Å². The van der Waals surface area contributed by atoms with Crippen LogP contribution in [0.15, 0.2) is 0 Å². The van der Waals surface area contributed by atoms with E-state index in [-0.39, 0.29) is 5.75 Å². The Kier molecular flexibility index (Phi) is 4.67. The van der Waals surface area contributed by atoms with E-state index in [0.717, 1.165) is 30.0 Å². The molecule has 118 valence electrons. The molecule has 1 fully saturated rings. The third-order valence-corrected chi connectivity index (χ3v) is 5.38. The van der Waals surface area contributed by atoms with Crippen molar-refractivity contribution in [1.82, 2.24) is 14.3 Å². The molecule has 0 unspecified atom stereocenters. The predicted octanol–water partition coefficient (Wildman–Crippen LogP) is 1.01. The van der Waals surface area contributed by atoms with Crippen LogP contribution in [0.5, 0.6) is 0 Å². The van der Waals surface area contributed by atoms with Gasteiger partial charge >= 0.3 is 0 Å². The lowest BCUT2D eigenvalue weighted by Gasteiger charge is -2.15. The van der Waals surface area contributed by atoms with Crippen LogP contribution >= 0.6 is 0 Å². The molecule has 8 heteroatoms. The third kappa shape index (κ3) is 3.82. The number of hydrogen-bond donors (Lipinski definition) is 2. The van der Waals surface area contributed by atoms with Gasteiger partial charge in [0.2, 0.25) is 10.0 Å². The zero-order chi connectivity index (χ0) is 15.6. The van der Waals surface area contributed by atoms with E-state index in [1.165, 1.54) is 18.4 Å². The van der Waals surface area contributed by atoms with Gasteiger partial charge in [-0.15, -0.1) is 0 Å². The minimum Gasteiger partial charge on any atom is -0.373 e. The molecule has 0 aromatic carbocycles. The minimum absolute atomic E-state index is 0.0388. The summed E-state index contributed by atoms with van der Waals surface area (Å²) < 4.78 is 24.7. The van der Waals surface area contributed by atoms with Gasteiger partial charge in [-0.1, -0.05) is 0 Å². The highest BCUT2D eigenvalue weighted by Crippen LogP contribution is 2.39. The summed E-state index contributed by atoms with van der Waals surface area (Å²) in [6, 6.07) is 0. The molecule has 7 nitrogen and oxygen atoms in total. The maximum atomic E-state index is 11.8. The Labute approximate surface area is 126 Å². The Morgan fingerprint density at radius 2 is 1.86 bits per heavy atom. The van der Waals surface area contributed by atoms with Crippen molar-refractivity contribution in [2.45, 2.75) is 25.7 Å². The molecule has 0 aliphatic heterocycles. The van der Waals surface area contributed by atoms with Crippen LogP contribution in [0.3, 0.4) is 0 Å². The van der Waals surface area contributed by atoms with E-state index in [1.54, 1.807) is 0 Å². The highest BCUT2D eigenvalue weighted by molar-refractivity contribution is 7.89. The highest BCUT2D eigenvalue weighted by atomic mass is 32.2. The molecular weight excluding hydrogens is 290 g/mol. The lowest BCUT2D eigenvalue weighted by molar-refractivity contribution is 0.521. The zero-order valence-corrected chi connectivity index (χ0v) is 13.8. The molecule has 2 N–H and O–H groups in total. The molecule has 0 saturated heterocycles. The summed E-state index contributed by atoms with van der Waals surface area (Å²) in [7, 11) is 1.70. The molecule has 0 amide bonds. The van der Waals surface area contributed by atoms with E-state index in [4.69, 9.17) is 0 Å². The van der Waals surface area contributed by atoms with Crippen molar-refractivity contribution in [3.63, 3.8) is 0 Å². The van der Waals surface area contributed by atoms with Crippen molar-refractivity contribution < 1.29 is 8.42 Å². The summed E-state index contributed by atoms with van der Waals surface area (Å²) in [6.45, 7) is 2.25. The number of nitrogens with one attached hydrogen (secondary N) is 2.